The highest BCUT2D eigenvalue weighted by Gasteiger charge is 2.61. The molecule has 2 saturated carbocycles. The van der Waals surface area contributed by atoms with Gasteiger partial charge in [0.15, 0.2) is 0 Å². The van der Waals surface area contributed by atoms with Crippen LogP contribution in [0.5, 0.6) is 0 Å². The zero-order valence-electron chi connectivity index (χ0n) is 9.76. The Morgan fingerprint density at radius 3 is 3.06 bits per heavy atom. The van der Waals surface area contributed by atoms with Gasteiger partial charge in [-0.2, -0.15) is 0 Å². The molecule has 4 nitrogen and oxygen atoms in total. The second-order valence-corrected chi connectivity index (χ2v) is 5.34. The Morgan fingerprint density at radius 2 is 2.35 bits per heavy atom. The van der Waals surface area contributed by atoms with Gasteiger partial charge >= 0.3 is 5.97 Å². The van der Waals surface area contributed by atoms with Gasteiger partial charge in [0.25, 0.3) is 0 Å². The number of ketones is 1. The topological polar surface area (TPSA) is 63.6 Å². The van der Waals surface area contributed by atoms with E-state index in [0.717, 1.165) is 6.42 Å². The molecule has 2 unspecified atom stereocenters. The Balaban J connectivity index is 1.78. The van der Waals surface area contributed by atoms with Crippen molar-refractivity contribution in [2.24, 2.45) is 29.6 Å². The molecule has 92 valence electrons. The SMILES string of the molecule is COC(=O)C[C@H]1[C@H]2C=C(O)C3C(=O)CCC3[C@H]21. The van der Waals surface area contributed by atoms with Crippen LogP contribution in [0.4, 0.5) is 0 Å². The number of aliphatic hydroxyl groups is 1. The van der Waals surface area contributed by atoms with E-state index in [1.165, 1.54) is 7.11 Å². The molecule has 3 aliphatic carbocycles. The van der Waals surface area contributed by atoms with E-state index in [4.69, 9.17) is 0 Å². The minimum absolute atomic E-state index is 0.158. The van der Waals surface area contributed by atoms with Gasteiger partial charge in [0, 0.05) is 12.8 Å². The number of rotatable bonds is 2. The van der Waals surface area contributed by atoms with Crippen LogP contribution in [0, 0.1) is 29.6 Å². The lowest BCUT2D eigenvalue weighted by Crippen LogP contribution is -2.22. The smallest absolute Gasteiger partial charge is 0.305 e. The maximum absolute atomic E-state index is 11.7. The zero-order valence-corrected chi connectivity index (χ0v) is 9.76. The van der Waals surface area contributed by atoms with Gasteiger partial charge in [-0.3, -0.25) is 9.59 Å². The maximum atomic E-state index is 11.7. The predicted octanol–water partition coefficient (Wildman–Crippen LogP) is 1.46. The minimum Gasteiger partial charge on any atom is -0.512 e. The van der Waals surface area contributed by atoms with Crippen LogP contribution >= 0.6 is 0 Å². The average Bonchev–Trinajstić information content (AvgIpc) is 2.81. The van der Waals surface area contributed by atoms with Crippen molar-refractivity contribution in [3.05, 3.63) is 11.8 Å². The Kier molecular flexibility index (Phi) is 2.28. The fourth-order valence-electron chi connectivity index (χ4n) is 3.78. The number of allylic oxidation sites excluding steroid dienone is 2. The van der Waals surface area contributed by atoms with Gasteiger partial charge in [0.1, 0.15) is 5.78 Å². The van der Waals surface area contributed by atoms with Gasteiger partial charge in [0.2, 0.25) is 0 Å². The first-order valence-corrected chi connectivity index (χ1v) is 6.13. The number of carbonyl (C=O) groups excluding carboxylic acids is 2. The maximum Gasteiger partial charge on any atom is 0.305 e. The lowest BCUT2D eigenvalue weighted by molar-refractivity contribution is -0.141. The monoisotopic (exact) mass is 236 g/mol. The molecular weight excluding hydrogens is 220 g/mol. The summed E-state index contributed by atoms with van der Waals surface area (Å²) < 4.78 is 4.68. The van der Waals surface area contributed by atoms with Crippen molar-refractivity contribution >= 4 is 11.8 Å². The summed E-state index contributed by atoms with van der Waals surface area (Å²) in [5.74, 6) is 1.13. The van der Waals surface area contributed by atoms with Crippen LogP contribution in [0.1, 0.15) is 19.3 Å². The zero-order chi connectivity index (χ0) is 12.2. The quantitative estimate of drug-likeness (QED) is 0.737. The summed E-state index contributed by atoms with van der Waals surface area (Å²) in [6.45, 7) is 0. The van der Waals surface area contributed by atoms with E-state index in [0.29, 0.717) is 18.8 Å². The predicted molar refractivity (Wildman–Crippen MR) is 59.0 cm³/mol. The van der Waals surface area contributed by atoms with Crippen molar-refractivity contribution in [3.8, 4) is 0 Å². The highest BCUT2D eigenvalue weighted by atomic mass is 16.5. The number of aliphatic hydroxyl groups excluding tert-OH is 1. The highest BCUT2D eigenvalue weighted by Crippen LogP contribution is 2.62. The van der Waals surface area contributed by atoms with E-state index < -0.39 is 0 Å². The summed E-state index contributed by atoms with van der Waals surface area (Å²) in [5.41, 5.74) is 0. The van der Waals surface area contributed by atoms with E-state index in [-0.39, 0.29) is 41.2 Å². The highest BCUT2D eigenvalue weighted by molar-refractivity contribution is 5.86. The van der Waals surface area contributed by atoms with Crippen molar-refractivity contribution in [1.82, 2.24) is 0 Å². The molecule has 5 atom stereocenters. The van der Waals surface area contributed by atoms with Crippen molar-refractivity contribution in [2.75, 3.05) is 7.11 Å². The molecule has 17 heavy (non-hydrogen) atoms. The van der Waals surface area contributed by atoms with Gasteiger partial charge in [-0.25, -0.2) is 0 Å². The van der Waals surface area contributed by atoms with Crippen LogP contribution in [0.2, 0.25) is 0 Å². The molecule has 0 aliphatic heterocycles. The van der Waals surface area contributed by atoms with Gasteiger partial charge in [0.05, 0.1) is 18.8 Å². The summed E-state index contributed by atoms with van der Waals surface area (Å²) >= 11 is 0. The van der Waals surface area contributed by atoms with Crippen LogP contribution in [0.25, 0.3) is 0 Å². The third-order valence-corrected chi connectivity index (χ3v) is 4.60. The molecule has 0 radical (unpaired) electrons. The Bertz CT molecular complexity index is 412. The molecule has 0 aromatic heterocycles. The van der Waals surface area contributed by atoms with Crippen LogP contribution in [0.15, 0.2) is 11.8 Å². The number of esters is 1. The van der Waals surface area contributed by atoms with Crippen molar-refractivity contribution in [1.29, 1.82) is 0 Å². The van der Waals surface area contributed by atoms with E-state index in [9.17, 15) is 14.7 Å². The number of fused-ring (bicyclic) bond motifs is 3. The van der Waals surface area contributed by atoms with E-state index in [2.05, 4.69) is 4.74 Å². The molecule has 4 heteroatoms. The first-order valence-electron chi connectivity index (χ1n) is 6.13. The lowest BCUT2D eigenvalue weighted by Gasteiger charge is -2.21. The minimum atomic E-state index is -0.279. The molecule has 0 amide bonds. The summed E-state index contributed by atoms with van der Waals surface area (Å²) in [5, 5.41) is 9.88. The molecule has 3 rings (SSSR count). The van der Waals surface area contributed by atoms with Crippen LogP contribution in [0.3, 0.4) is 0 Å². The molecule has 0 bridgehead atoms. The number of carbonyl (C=O) groups is 2. The van der Waals surface area contributed by atoms with E-state index in [1.54, 1.807) is 6.08 Å². The fourth-order valence-corrected chi connectivity index (χ4v) is 3.78. The average molecular weight is 236 g/mol. The van der Waals surface area contributed by atoms with Crippen molar-refractivity contribution in [3.63, 3.8) is 0 Å². The standard InChI is InChI=1S/C13H16O4/c1-17-11(16)5-8-7-4-10(15)13-6(12(7)8)2-3-9(13)14/h4,6-8,12-13,15H,2-3,5H2,1H3/t6?,7-,8+,12-,13?/m1/s1. The molecule has 3 aliphatic rings. The summed E-state index contributed by atoms with van der Waals surface area (Å²) in [6, 6.07) is 0. The Hall–Kier alpha value is -1.32. The molecule has 2 fully saturated rings. The van der Waals surface area contributed by atoms with Crippen LogP contribution in [-0.4, -0.2) is 24.0 Å². The van der Waals surface area contributed by atoms with Crippen molar-refractivity contribution in [2.45, 2.75) is 19.3 Å². The first-order chi connectivity index (χ1) is 8.13. The normalized spacial score (nSPS) is 42.5. The van der Waals surface area contributed by atoms with Crippen LogP contribution < -0.4 is 0 Å². The fraction of sp³-hybridized carbons (Fsp3) is 0.692. The van der Waals surface area contributed by atoms with Crippen LogP contribution in [-0.2, 0) is 14.3 Å². The molecule has 0 heterocycles. The number of hydrogen-bond acceptors (Lipinski definition) is 4. The first kappa shape index (κ1) is 10.8. The summed E-state index contributed by atoms with van der Waals surface area (Å²) in [4.78, 5) is 22.9. The number of hydrogen-bond donors (Lipinski definition) is 1. The van der Waals surface area contributed by atoms with Gasteiger partial charge in [-0.05, 0) is 36.2 Å². The summed E-state index contributed by atoms with van der Waals surface area (Å²) in [7, 11) is 1.39. The third-order valence-electron chi connectivity index (χ3n) is 4.60. The second-order valence-electron chi connectivity index (χ2n) is 5.34. The second kappa shape index (κ2) is 3.59. The van der Waals surface area contributed by atoms with Gasteiger partial charge < -0.3 is 9.84 Å². The third kappa shape index (κ3) is 1.50. The lowest BCUT2D eigenvalue weighted by atomic mass is 9.84. The Labute approximate surface area is 99.6 Å². The molecule has 0 aromatic carbocycles. The van der Waals surface area contributed by atoms with Crippen molar-refractivity contribution < 1.29 is 19.4 Å². The molecule has 1 N–H and O–H groups in total. The summed E-state index contributed by atoms with van der Waals surface area (Å²) in [6.07, 6.45) is 3.64. The molecule has 0 aromatic rings. The largest absolute Gasteiger partial charge is 0.512 e. The number of methoxy groups -OCH3 is 1. The van der Waals surface area contributed by atoms with E-state index in [1.807, 2.05) is 0 Å². The number of ether oxygens (including phenoxy) is 1. The molecular formula is C13H16O4. The van der Waals surface area contributed by atoms with Gasteiger partial charge in [-0.15, -0.1) is 0 Å². The molecule has 0 saturated heterocycles. The van der Waals surface area contributed by atoms with E-state index >= 15 is 0 Å². The molecule has 0 spiro atoms. The number of Topliss-reactive ketones (excluding diaryl/α,β-unsaturated/α-hetero) is 1. The Morgan fingerprint density at radius 1 is 1.59 bits per heavy atom. The van der Waals surface area contributed by atoms with Gasteiger partial charge in [-0.1, -0.05) is 0 Å².